The molecule has 0 atom stereocenters. The lowest BCUT2D eigenvalue weighted by atomic mass is 9.83. The molecule has 36 heavy (non-hydrogen) atoms. The Balaban J connectivity index is 2.27. The zero-order valence-electron chi connectivity index (χ0n) is 21.8. The van der Waals surface area contributed by atoms with Crippen LogP contribution in [0.15, 0.2) is 53.9 Å². The number of anilines is 1. The molecule has 0 bridgehead atoms. The molecular weight excluding hydrogens is 462 g/mol. The average molecular weight is 496 g/mol. The van der Waals surface area contributed by atoms with Gasteiger partial charge < -0.3 is 28.6 Å². The molecule has 0 fully saturated rings. The molecule has 3 rings (SSSR count). The maximum Gasteiger partial charge on any atom is 0.336 e. The molecule has 1 aliphatic heterocycles. The van der Waals surface area contributed by atoms with Crippen LogP contribution in [0.1, 0.15) is 36.5 Å². The van der Waals surface area contributed by atoms with Crippen molar-refractivity contribution in [1.82, 2.24) is 0 Å². The van der Waals surface area contributed by atoms with Crippen LogP contribution < -0.4 is 19.1 Å². The van der Waals surface area contributed by atoms with E-state index in [1.807, 2.05) is 32.0 Å². The first-order valence-corrected chi connectivity index (χ1v) is 11.7. The largest absolute Gasteiger partial charge is 0.493 e. The van der Waals surface area contributed by atoms with Crippen LogP contribution in [0.4, 0.5) is 5.69 Å². The quantitative estimate of drug-likeness (QED) is 0.458. The number of ether oxygens (including phenoxy) is 5. The number of methoxy groups -OCH3 is 3. The van der Waals surface area contributed by atoms with E-state index in [0.717, 1.165) is 16.8 Å². The highest BCUT2D eigenvalue weighted by Gasteiger charge is 2.37. The van der Waals surface area contributed by atoms with Gasteiger partial charge in [-0.05, 0) is 68.7 Å². The predicted octanol–water partition coefficient (Wildman–Crippen LogP) is 4.83. The molecule has 0 saturated carbocycles. The van der Waals surface area contributed by atoms with Crippen LogP contribution in [-0.4, -0.2) is 46.5 Å². The molecule has 0 aromatic heterocycles. The second-order valence-corrected chi connectivity index (χ2v) is 8.18. The molecular formula is C28H33NO7. The standard InChI is InChI=1S/C28H33NO7/c1-8-35-27(30)21-15-29(20-11-10-17(3)18(4)12-20)16-22(28(31)36-9-2)25(21)19-13-23(32-5)26(34-7)24(14-19)33-6/h10-16,25H,8-9H2,1-7H3. The number of hydrogen-bond acceptors (Lipinski definition) is 8. The van der Waals surface area contributed by atoms with E-state index in [1.54, 1.807) is 43.3 Å². The Kier molecular flexibility index (Phi) is 8.64. The SMILES string of the molecule is CCOC(=O)C1=CN(c2ccc(C)c(C)c2)C=C(C(=O)OCC)C1c1cc(OC)c(OC)c(OC)c1. The zero-order chi connectivity index (χ0) is 26.4. The number of carbonyl (C=O) groups excluding carboxylic acids is 2. The lowest BCUT2D eigenvalue weighted by molar-refractivity contribution is -0.139. The Labute approximate surface area is 212 Å². The summed E-state index contributed by atoms with van der Waals surface area (Å²) in [7, 11) is 4.52. The van der Waals surface area contributed by atoms with Gasteiger partial charge in [0.1, 0.15) is 0 Å². The van der Waals surface area contributed by atoms with Gasteiger partial charge in [-0.2, -0.15) is 0 Å². The van der Waals surface area contributed by atoms with Gasteiger partial charge >= 0.3 is 11.9 Å². The second-order valence-electron chi connectivity index (χ2n) is 8.18. The summed E-state index contributed by atoms with van der Waals surface area (Å²) in [5.41, 5.74) is 4.14. The van der Waals surface area contributed by atoms with Crippen LogP contribution in [-0.2, 0) is 19.1 Å². The Bertz CT molecular complexity index is 1140. The van der Waals surface area contributed by atoms with Gasteiger partial charge in [-0.1, -0.05) is 6.07 Å². The van der Waals surface area contributed by atoms with Gasteiger partial charge in [-0.3, -0.25) is 0 Å². The molecule has 0 N–H and O–H groups in total. The molecule has 1 heterocycles. The monoisotopic (exact) mass is 495 g/mol. The van der Waals surface area contributed by atoms with Gasteiger partial charge in [-0.15, -0.1) is 0 Å². The summed E-state index contributed by atoms with van der Waals surface area (Å²) in [6.07, 6.45) is 3.39. The Morgan fingerprint density at radius 3 is 1.72 bits per heavy atom. The van der Waals surface area contributed by atoms with Gasteiger partial charge in [0.05, 0.1) is 51.6 Å². The molecule has 0 amide bonds. The number of benzene rings is 2. The van der Waals surface area contributed by atoms with Crippen molar-refractivity contribution < 1.29 is 33.3 Å². The zero-order valence-corrected chi connectivity index (χ0v) is 21.8. The molecule has 0 saturated heterocycles. The second kappa shape index (κ2) is 11.7. The lowest BCUT2D eigenvalue weighted by Crippen LogP contribution is -2.29. The van der Waals surface area contributed by atoms with Crippen LogP contribution in [0, 0.1) is 13.8 Å². The van der Waals surface area contributed by atoms with Crippen molar-refractivity contribution in [3.63, 3.8) is 0 Å². The van der Waals surface area contributed by atoms with E-state index in [2.05, 4.69) is 0 Å². The van der Waals surface area contributed by atoms with Crippen molar-refractivity contribution in [2.24, 2.45) is 0 Å². The highest BCUT2D eigenvalue weighted by atomic mass is 16.5. The van der Waals surface area contributed by atoms with E-state index in [-0.39, 0.29) is 24.4 Å². The first-order valence-electron chi connectivity index (χ1n) is 11.7. The third-order valence-corrected chi connectivity index (χ3v) is 6.01. The van der Waals surface area contributed by atoms with Gasteiger partial charge in [0, 0.05) is 18.1 Å². The van der Waals surface area contributed by atoms with Crippen LogP contribution in [0.25, 0.3) is 0 Å². The predicted molar refractivity (Wildman–Crippen MR) is 137 cm³/mol. The molecule has 0 radical (unpaired) electrons. The molecule has 8 heteroatoms. The summed E-state index contributed by atoms with van der Waals surface area (Å²) in [5.74, 6) is -0.677. The summed E-state index contributed by atoms with van der Waals surface area (Å²) < 4.78 is 27.3. The maximum atomic E-state index is 13.3. The topological polar surface area (TPSA) is 83.5 Å². The maximum absolute atomic E-state index is 13.3. The fourth-order valence-electron chi connectivity index (χ4n) is 4.09. The molecule has 2 aromatic carbocycles. The van der Waals surface area contributed by atoms with Crippen molar-refractivity contribution in [2.75, 3.05) is 39.4 Å². The van der Waals surface area contributed by atoms with Crippen LogP contribution in [0.3, 0.4) is 0 Å². The minimum atomic E-state index is -0.792. The number of hydrogen-bond donors (Lipinski definition) is 0. The molecule has 8 nitrogen and oxygen atoms in total. The van der Waals surface area contributed by atoms with Crippen molar-refractivity contribution in [2.45, 2.75) is 33.6 Å². The molecule has 0 aliphatic carbocycles. The molecule has 2 aromatic rings. The number of aryl methyl sites for hydroxylation is 2. The highest BCUT2D eigenvalue weighted by molar-refractivity contribution is 6.00. The van der Waals surface area contributed by atoms with Gasteiger partial charge in [0.2, 0.25) is 5.75 Å². The highest BCUT2D eigenvalue weighted by Crippen LogP contribution is 2.45. The van der Waals surface area contributed by atoms with Crippen molar-refractivity contribution in [3.8, 4) is 17.2 Å². The molecule has 0 unspecified atom stereocenters. The van der Waals surface area contributed by atoms with Crippen LogP contribution in [0.2, 0.25) is 0 Å². The van der Waals surface area contributed by atoms with Crippen molar-refractivity contribution in [1.29, 1.82) is 0 Å². The Morgan fingerprint density at radius 1 is 0.778 bits per heavy atom. The third-order valence-electron chi connectivity index (χ3n) is 6.01. The molecule has 192 valence electrons. The summed E-state index contributed by atoms with van der Waals surface area (Å²) in [6.45, 7) is 7.86. The van der Waals surface area contributed by atoms with Crippen LogP contribution >= 0.6 is 0 Å². The lowest BCUT2D eigenvalue weighted by Gasteiger charge is -2.31. The molecule has 0 spiro atoms. The van der Waals surface area contributed by atoms with Crippen molar-refractivity contribution in [3.05, 3.63) is 70.6 Å². The third kappa shape index (κ3) is 5.32. The summed E-state index contributed by atoms with van der Waals surface area (Å²) in [6, 6.07) is 9.36. The Morgan fingerprint density at radius 2 is 1.31 bits per heavy atom. The van der Waals surface area contributed by atoms with Gasteiger partial charge in [-0.25, -0.2) is 9.59 Å². The first kappa shape index (κ1) is 26.7. The van der Waals surface area contributed by atoms with E-state index >= 15 is 0 Å². The fourth-order valence-corrected chi connectivity index (χ4v) is 4.09. The van der Waals surface area contributed by atoms with Gasteiger partial charge in [0.25, 0.3) is 0 Å². The first-order chi connectivity index (χ1) is 17.3. The number of nitrogens with zero attached hydrogens (tertiary/aromatic N) is 1. The molecule has 1 aliphatic rings. The van der Waals surface area contributed by atoms with Crippen LogP contribution in [0.5, 0.6) is 17.2 Å². The summed E-state index contributed by atoms with van der Waals surface area (Å²) in [5, 5.41) is 0. The fraction of sp³-hybridized carbons (Fsp3) is 0.357. The summed E-state index contributed by atoms with van der Waals surface area (Å²) in [4.78, 5) is 28.3. The van der Waals surface area contributed by atoms with E-state index in [9.17, 15) is 9.59 Å². The van der Waals surface area contributed by atoms with Gasteiger partial charge in [0.15, 0.2) is 11.5 Å². The van der Waals surface area contributed by atoms with Crippen molar-refractivity contribution >= 4 is 17.6 Å². The number of carbonyl (C=O) groups is 2. The normalized spacial score (nSPS) is 13.5. The number of rotatable bonds is 9. The van der Waals surface area contributed by atoms with E-state index < -0.39 is 17.9 Å². The smallest absolute Gasteiger partial charge is 0.336 e. The number of esters is 2. The summed E-state index contributed by atoms with van der Waals surface area (Å²) >= 11 is 0. The average Bonchev–Trinajstić information content (AvgIpc) is 2.88. The Hall–Kier alpha value is -3.94. The minimum absolute atomic E-state index is 0.181. The minimum Gasteiger partial charge on any atom is -0.493 e. The van der Waals surface area contributed by atoms with E-state index in [4.69, 9.17) is 23.7 Å². The van der Waals surface area contributed by atoms with E-state index in [0.29, 0.717) is 22.8 Å². The van der Waals surface area contributed by atoms with E-state index in [1.165, 1.54) is 21.3 Å².